The SMILES string of the molecule is O=C(c1ccc(I)nc1)c1ccc(I)nc1. The maximum Gasteiger partial charge on any atom is 0.196 e. The number of ketones is 1. The standard InChI is InChI=1S/C11H6I2N2O/c12-9-3-1-7(5-14-9)11(16)8-2-4-10(13)15-6-8/h1-6H. The molecule has 0 aliphatic heterocycles. The smallest absolute Gasteiger partial charge is 0.196 e. The molecule has 2 aromatic heterocycles. The van der Waals surface area contributed by atoms with Crippen molar-refractivity contribution in [2.24, 2.45) is 0 Å². The lowest BCUT2D eigenvalue weighted by Crippen LogP contribution is -2.02. The molecule has 0 saturated carbocycles. The van der Waals surface area contributed by atoms with Crippen molar-refractivity contribution in [3.63, 3.8) is 0 Å². The molecular formula is C11H6I2N2O. The van der Waals surface area contributed by atoms with Crippen molar-refractivity contribution in [3.05, 3.63) is 55.2 Å². The molecule has 0 amide bonds. The van der Waals surface area contributed by atoms with Gasteiger partial charge in [-0.3, -0.25) is 4.79 Å². The molecule has 16 heavy (non-hydrogen) atoms. The van der Waals surface area contributed by atoms with Crippen LogP contribution in [0.1, 0.15) is 15.9 Å². The number of hydrogen-bond donors (Lipinski definition) is 0. The van der Waals surface area contributed by atoms with Gasteiger partial charge in [-0.25, -0.2) is 9.97 Å². The van der Waals surface area contributed by atoms with Gasteiger partial charge in [-0.1, -0.05) is 0 Å². The number of aromatic nitrogens is 2. The molecule has 0 atom stereocenters. The Bertz CT molecular complexity index is 461. The maximum atomic E-state index is 12.0. The molecule has 0 spiro atoms. The van der Waals surface area contributed by atoms with Gasteiger partial charge in [0.1, 0.15) is 7.40 Å². The van der Waals surface area contributed by atoms with Gasteiger partial charge in [0.15, 0.2) is 5.78 Å². The maximum absolute atomic E-state index is 12.0. The first-order valence-corrected chi connectivity index (χ1v) is 6.60. The average Bonchev–Trinajstić information content (AvgIpc) is 2.30. The Morgan fingerprint density at radius 1 is 0.875 bits per heavy atom. The highest BCUT2D eigenvalue weighted by atomic mass is 127. The van der Waals surface area contributed by atoms with Crippen molar-refractivity contribution in [2.45, 2.75) is 0 Å². The Morgan fingerprint density at radius 3 is 1.62 bits per heavy atom. The molecule has 0 aromatic carbocycles. The Labute approximate surface area is 120 Å². The molecule has 2 aromatic rings. The van der Waals surface area contributed by atoms with Crippen LogP contribution in [0.5, 0.6) is 0 Å². The molecule has 0 aliphatic carbocycles. The molecule has 0 fully saturated rings. The van der Waals surface area contributed by atoms with E-state index in [4.69, 9.17) is 0 Å². The third-order valence-electron chi connectivity index (χ3n) is 1.98. The minimum Gasteiger partial charge on any atom is -0.288 e. The van der Waals surface area contributed by atoms with E-state index in [0.29, 0.717) is 11.1 Å². The molecule has 2 heterocycles. The number of carbonyl (C=O) groups excluding carboxylic acids is 1. The molecule has 0 N–H and O–H groups in total. The van der Waals surface area contributed by atoms with Gasteiger partial charge < -0.3 is 0 Å². The van der Waals surface area contributed by atoms with Crippen LogP contribution in [0.2, 0.25) is 0 Å². The first kappa shape index (κ1) is 11.9. The highest BCUT2D eigenvalue weighted by molar-refractivity contribution is 14.1. The monoisotopic (exact) mass is 436 g/mol. The zero-order valence-electron chi connectivity index (χ0n) is 8.02. The third-order valence-corrected chi connectivity index (χ3v) is 3.26. The van der Waals surface area contributed by atoms with Crippen LogP contribution in [0.25, 0.3) is 0 Å². The molecule has 0 bridgehead atoms. The minimum absolute atomic E-state index is 0.0483. The van der Waals surface area contributed by atoms with Gasteiger partial charge in [0.2, 0.25) is 0 Å². The predicted octanol–water partition coefficient (Wildman–Crippen LogP) is 2.92. The normalized spacial score (nSPS) is 10.1. The number of rotatable bonds is 2. The van der Waals surface area contributed by atoms with Gasteiger partial charge in [0, 0.05) is 23.5 Å². The van der Waals surface area contributed by atoms with Gasteiger partial charge in [0.05, 0.1) is 0 Å². The van der Waals surface area contributed by atoms with Crippen LogP contribution in [-0.4, -0.2) is 15.8 Å². The van der Waals surface area contributed by atoms with Crippen molar-refractivity contribution >= 4 is 51.0 Å². The van der Waals surface area contributed by atoms with E-state index in [-0.39, 0.29) is 5.78 Å². The van der Waals surface area contributed by atoms with Crippen LogP contribution in [0, 0.1) is 7.40 Å². The highest BCUT2D eigenvalue weighted by Crippen LogP contribution is 2.10. The summed E-state index contributed by atoms with van der Waals surface area (Å²) in [6, 6.07) is 7.17. The molecule has 3 nitrogen and oxygen atoms in total. The van der Waals surface area contributed by atoms with Gasteiger partial charge in [-0.2, -0.15) is 0 Å². The summed E-state index contributed by atoms with van der Waals surface area (Å²) in [6.45, 7) is 0. The van der Waals surface area contributed by atoms with Gasteiger partial charge in [-0.05, 0) is 69.4 Å². The Kier molecular flexibility index (Phi) is 3.85. The summed E-state index contributed by atoms with van der Waals surface area (Å²) in [4.78, 5) is 20.2. The summed E-state index contributed by atoms with van der Waals surface area (Å²) < 4.78 is 1.74. The summed E-state index contributed by atoms with van der Waals surface area (Å²) in [5.74, 6) is -0.0483. The third kappa shape index (κ3) is 2.76. The Morgan fingerprint density at radius 2 is 1.31 bits per heavy atom. The summed E-state index contributed by atoms with van der Waals surface area (Å²) in [5, 5.41) is 0. The Balaban J connectivity index is 2.32. The topological polar surface area (TPSA) is 42.9 Å². The summed E-state index contributed by atoms with van der Waals surface area (Å²) in [6.07, 6.45) is 3.17. The van der Waals surface area contributed by atoms with E-state index in [1.165, 1.54) is 0 Å². The van der Waals surface area contributed by atoms with Crippen LogP contribution >= 0.6 is 45.2 Å². The molecule has 0 radical (unpaired) electrons. The number of nitrogens with zero attached hydrogens (tertiary/aromatic N) is 2. The largest absolute Gasteiger partial charge is 0.288 e. The van der Waals surface area contributed by atoms with Crippen molar-refractivity contribution in [3.8, 4) is 0 Å². The van der Waals surface area contributed by atoms with E-state index in [9.17, 15) is 4.79 Å². The lowest BCUT2D eigenvalue weighted by Gasteiger charge is -2.00. The van der Waals surface area contributed by atoms with E-state index in [2.05, 4.69) is 55.1 Å². The second kappa shape index (κ2) is 5.17. The average molecular weight is 436 g/mol. The second-order valence-corrected chi connectivity index (χ2v) is 5.28. The van der Waals surface area contributed by atoms with E-state index in [0.717, 1.165) is 7.40 Å². The zero-order chi connectivity index (χ0) is 11.5. The summed E-state index contributed by atoms with van der Waals surface area (Å²) in [7, 11) is 0. The highest BCUT2D eigenvalue weighted by Gasteiger charge is 2.09. The fourth-order valence-corrected chi connectivity index (χ4v) is 1.83. The fourth-order valence-electron chi connectivity index (χ4n) is 1.19. The van der Waals surface area contributed by atoms with Crippen LogP contribution in [0.15, 0.2) is 36.7 Å². The molecule has 0 aliphatic rings. The minimum atomic E-state index is -0.0483. The van der Waals surface area contributed by atoms with Gasteiger partial charge in [0.25, 0.3) is 0 Å². The summed E-state index contributed by atoms with van der Waals surface area (Å²) >= 11 is 4.21. The lowest BCUT2D eigenvalue weighted by molar-refractivity contribution is 0.103. The summed E-state index contributed by atoms with van der Waals surface area (Å²) in [5.41, 5.74) is 1.17. The number of halogens is 2. The van der Waals surface area contributed by atoms with Crippen LogP contribution in [0.3, 0.4) is 0 Å². The quantitative estimate of drug-likeness (QED) is 0.414. The van der Waals surface area contributed by atoms with Crippen LogP contribution < -0.4 is 0 Å². The number of pyridine rings is 2. The van der Waals surface area contributed by atoms with Crippen LogP contribution in [-0.2, 0) is 0 Å². The predicted molar refractivity (Wildman–Crippen MR) is 77.3 cm³/mol. The second-order valence-electron chi connectivity index (χ2n) is 3.07. The molecule has 2 rings (SSSR count). The number of hydrogen-bond acceptors (Lipinski definition) is 3. The lowest BCUT2D eigenvalue weighted by atomic mass is 10.1. The molecule has 5 heteroatoms. The van der Waals surface area contributed by atoms with E-state index < -0.39 is 0 Å². The van der Waals surface area contributed by atoms with Crippen molar-refractivity contribution in [1.82, 2.24) is 9.97 Å². The van der Waals surface area contributed by atoms with E-state index in [1.54, 1.807) is 24.5 Å². The molecular weight excluding hydrogens is 430 g/mol. The van der Waals surface area contributed by atoms with Gasteiger partial charge >= 0.3 is 0 Å². The molecule has 0 saturated heterocycles. The van der Waals surface area contributed by atoms with Crippen molar-refractivity contribution in [1.29, 1.82) is 0 Å². The Hall–Kier alpha value is -0.570. The zero-order valence-corrected chi connectivity index (χ0v) is 12.3. The van der Waals surface area contributed by atoms with Gasteiger partial charge in [-0.15, -0.1) is 0 Å². The number of carbonyl (C=O) groups is 1. The molecule has 80 valence electrons. The first-order chi connectivity index (χ1) is 7.66. The fraction of sp³-hybridized carbons (Fsp3) is 0. The first-order valence-electron chi connectivity index (χ1n) is 4.44. The van der Waals surface area contributed by atoms with Crippen LogP contribution in [0.4, 0.5) is 0 Å². The molecule has 0 unspecified atom stereocenters. The van der Waals surface area contributed by atoms with Crippen molar-refractivity contribution < 1.29 is 4.79 Å². The van der Waals surface area contributed by atoms with Crippen molar-refractivity contribution in [2.75, 3.05) is 0 Å². The van der Waals surface area contributed by atoms with E-state index in [1.807, 2.05) is 12.1 Å². The van der Waals surface area contributed by atoms with E-state index >= 15 is 0 Å².